The van der Waals surface area contributed by atoms with E-state index in [9.17, 15) is 9.59 Å². The Bertz CT molecular complexity index is 484. The number of carbonyl (C=O) groups is 1. The second kappa shape index (κ2) is 6.52. The molecule has 1 atom stereocenters. The molecule has 1 aliphatic rings. The highest BCUT2D eigenvalue weighted by atomic mass is 16.3. The molecule has 1 aromatic heterocycles. The second-order valence-corrected chi connectivity index (χ2v) is 5.01. The maximum absolute atomic E-state index is 12.1. The number of aryl methyl sites for hydroxylation is 1. The van der Waals surface area contributed by atoms with Crippen molar-refractivity contribution in [2.24, 2.45) is 5.92 Å². The minimum absolute atomic E-state index is 0.0638. The topological polar surface area (TPSA) is 62.5 Å². The number of aromatic nitrogens is 1. The minimum atomic E-state index is -0.0813. The van der Waals surface area contributed by atoms with Gasteiger partial charge in [-0.1, -0.05) is 6.07 Å². The maximum atomic E-state index is 12.1. The molecule has 0 radical (unpaired) electrons. The third kappa shape index (κ3) is 3.67. The average Bonchev–Trinajstić information content (AvgIpc) is 2.46. The molecule has 2 rings (SSSR count). The molecule has 1 aromatic rings. The average molecular weight is 264 g/mol. The van der Waals surface area contributed by atoms with Gasteiger partial charge in [0.1, 0.15) is 0 Å². The summed E-state index contributed by atoms with van der Waals surface area (Å²) in [5, 5.41) is 9.15. The molecule has 0 aliphatic carbocycles. The Morgan fingerprint density at radius 1 is 1.42 bits per heavy atom. The van der Waals surface area contributed by atoms with Gasteiger partial charge in [-0.2, -0.15) is 0 Å². The number of likely N-dealkylation sites (tertiary alicyclic amines) is 1. The van der Waals surface area contributed by atoms with Crippen LogP contribution in [0.1, 0.15) is 19.3 Å². The fourth-order valence-electron chi connectivity index (χ4n) is 2.46. The molecular formula is C14H20N2O3. The number of rotatable bonds is 4. The summed E-state index contributed by atoms with van der Waals surface area (Å²) in [6, 6.07) is 4.97. The van der Waals surface area contributed by atoms with Crippen molar-refractivity contribution in [1.29, 1.82) is 0 Å². The fraction of sp³-hybridized carbons (Fsp3) is 0.571. The van der Waals surface area contributed by atoms with Crippen LogP contribution in [0.25, 0.3) is 0 Å². The molecule has 5 nitrogen and oxygen atoms in total. The SMILES string of the molecule is O=C(CCn1ccccc1=O)N1CCCC(CO)C1. The summed E-state index contributed by atoms with van der Waals surface area (Å²) in [5.74, 6) is 0.269. The van der Waals surface area contributed by atoms with E-state index in [1.165, 1.54) is 6.07 Å². The lowest BCUT2D eigenvalue weighted by Crippen LogP contribution is -2.41. The number of amides is 1. The van der Waals surface area contributed by atoms with E-state index in [1.807, 2.05) is 0 Å². The van der Waals surface area contributed by atoms with Crippen LogP contribution in [0.2, 0.25) is 0 Å². The van der Waals surface area contributed by atoms with Crippen LogP contribution in [-0.2, 0) is 11.3 Å². The minimum Gasteiger partial charge on any atom is -0.396 e. The van der Waals surface area contributed by atoms with E-state index >= 15 is 0 Å². The largest absolute Gasteiger partial charge is 0.396 e. The van der Waals surface area contributed by atoms with Gasteiger partial charge in [-0.05, 0) is 24.8 Å². The van der Waals surface area contributed by atoms with Crippen molar-refractivity contribution < 1.29 is 9.90 Å². The molecule has 104 valence electrons. The number of hydrogen-bond acceptors (Lipinski definition) is 3. The molecule has 1 N–H and O–H groups in total. The van der Waals surface area contributed by atoms with Crippen molar-refractivity contribution in [3.05, 3.63) is 34.7 Å². The normalized spacial score (nSPS) is 19.4. The number of aliphatic hydroxyl groups is 1. The molecule has 1 saturated heterocycles. The first kappa shape index (κ1) is 13.8. The molecule has 0 spiro atoms. The number of hydrogen-bond donors (Lipinski definition) is 1. The number of aliphatic hydroxyl groups excluding tert-OH is 1. The van der Waals surface area contributed by atoms with E-state index in [2.05, 4.69) is 0 Å². The van der Waals surface area contributed by atoms with Gasteiger partial charge in [0.15, 0.2) is 0 Å². The van der Waals surface area contributed by atoms with Crippen molar-refractivity contribution >= 4 is 5.91 Å². The van der Waals surface area contributed by atoms with Gasteiger partial charge in [0.25, 0.3) is 5.56 Å². The molecule has 1 amide bonds. The summed E-state index contributed by atoms with van der Waals surface area (Å²) in [5.41, 5.74) is -0.0813. The molecule has 1 unspecified atom stereocenters. The third-order valence-corrected chi connectivity index (χ3v) is 3.60. The summed E-state index contributed by atoms with van der Waals surface area (Å²) in [6.45, 7) is 1.96. The zero-order valence-electron chi connectivity index (χ0n) is 11.0. The van der Waals surface area contributed by atoms with E-state index in [0.717, 1.165) is 19.4 Å². The van der Waals surface area contributed by atoms with Gasteiger partial charge in [0.05, 0.1) is 0 Å². The number of carbonyl (C=O) groups excluding carboxylic acids is 1. The molecule has 1 fully saturated rings. The Balaban J connectivity index is 1.87. The lowest BCUT2D eigenvalue weighted by Gasteiger charge is -2.32. The smallest absolute Gasteiger partial charge is 0.250 e. The van der Waals surface area contributed by atoms with Crippen LogP contribution in [0, 0.1) is 5.92 Å². The number of piperidine rings is 1. The quantitative estimate of drug-likeness (QED) is 0.860. The van der Waals surface area contributed by atoms with E-state index in [0.29, 0.717) is 19.5 Å². The predicted molar refractivity (Wildman–Crippen MR) is 71.7 cm³/mol. The van der Waals surface area contributed by atoms with Gasteiger partial charge < -0.3 is 14.6 Å². The van der Waals surface area contributed by atoms with E-state index in [4.69, 9.17) is 5.11 Å². The highest BCUT2D eigenvalue weighted by Crippen LogP contribution is 2.16. The first-order valence-electron chi connectivity index (χ1n) is 6.75. The highest BCUT2D eigenvalue weighted by Gasteiger charge is 2.22. The van der Waals surface area contributed by atoms with Crippen LogP contribution in [-0.4, -0.2) is 40.2 Å². The van der Waals surface area contributed by atoms with Crippen LogP contribution >= 0.6 is 0 Å². The van der Waals surface area contributed by atoms with Crippen molar-refractivity contribution in [2.45, 2.75) is 25.8 Å². The summed E-state index contributed by atoms with van der Waals surface area (Å²) in [4.78, 5) is 25.4. The second-order valence-electron chi connectivity index (χ2n) is 5.01. The van der Waals surface area contributed by atoms with Gasteiger partial charge in [-0.3, -0.25) is 9.59 Å². The van der Waals surface area contributed by atoms with Crippen LogP contribution in [0.5, 0.6) is 0 Å². The molecule has 19 heavy (non-hydrogen) atoms. The van der Waals surface area contributed by atoms with E-state index in [1.54, 1.807) is 27.8 Å². The molecule has 5 heteroatoms. The Labute approximate surface area is 112 Å². The summed E-state index contributed by atoms with van der Waals surface area (Å²) < 4.78 is 1.55. The Kier molecular flexibility index (Phi) is 4.74. The monoisotopic (exact) mass is 264 g/mol. The van der Waals surface area contributed by atoms with Gasteiger partial charge in [-0.25, -0.2) is 0 Å². The van der Waals surface area contributed by atoms with Crippen LogP contribution in [0.15, 0.2) is 29.2 Å². The van der Waals surface area contributed by atoms with Crippen LogP contribution in [0.4, 0.5) is 0 Å². The van der Waals surface area contributed by atoms with Gasteiger partial charge in [0, 0.05) is 44.9 Å². The van der Waals surface area contributed by atoms with Crippen molar-refractivity contribution in [2.75, 3.05) is 19.7 Å². The van der Waals surface area contributed by atoms with Gasteiger partial charge in [-0.15, -0.1) is 0 Å². The summed E-state index contributed by atoms with van der Waals surface area (Å²) in [7, 11) is 0. The molecule has 0 bridgehead atoms. The Hall–Kier alpha value is -1.62. The van der Waals surface area contributed by atoms with Crippen LogP contribution in [0.3, 0.4) is 0 Å². The van der Waals surface area contributed by atoms with Crippen molar-refractivity contribution in [3.8, 4) is 0 Å². The third-order valence-electron chi connectivity index (χ3n) is 3.60. The van der Waals surface area contributed by atoms with Crippen LogP contribution < -0.4 is 5.56 Å². The predicted octanol–water partition coefficient (Wildman–Crippen LogP) is 0.469. The summed E-state index contributed by atoms with van der Waals surface area (Å²) in [6.07, 6.45) is 3.96. The zero-order valence-corrected chi connectivity index (χ0v) is 11.0. The standard InChI is InChI=1S/C14H20N2O3/c17-11-12-4-3-8-16(10-12)14(19)6-9-15-7-2-1-5-13(15)18/h1-2,5,7,12,17H,3-4,6,8-11H2. The van der Waals surface area contributed by atoms with Crippen molar-refractivity contribution in [1.82, 2.24) is 9.47 Å². The fourth-order valence-corrected chi connectivity index (χ4v) is 2.46. The number of nitrogens with zero attached hydrogens (tertiary/aromatic N) is 2. The molecule has 0 saturated carbocycles. The Morgan fingerprint density at radius 3 is 3.00 bits per heavy atom. The Morgan fingerprint density at radius 2 is 2.26 bits per heavy atom. The first-order valence-corrected chi connectivity index (χ1v) is 6.75. The number of pyridine rings is 1. The molecule has 2 heterocycles. The molecular weight excluding hydrogens is 244 g/mol. The summed E-state index contributed by atoms with van der Waals surface area (Å²) >= 11 is 0. The van der Waals surface area contributed by atoms with Gasteiger partial charge in [0.2, 0.25) is 5.91 Å². The highest BCUT2D eigenvalue weighted by molar-refractivity contribution is 5.76. The zero-order chi connectivity index (χ0) is 13.7. The lowest BCUT2D eigenvalue weighted by atomic mass is 9.99. The van der Waals surface area contributed by atoms with Gasteiger partial charge >= 0.3 is 0 Å². The molecule has 1 aliphatic heterocycles. The maximum Gasteiger partial charge on any atom is 0.250 e. The van der Waals surface area contributed by atoms with E-state index < -0.39 is 0 Å². The molecule has 0 aromatic carbocycles. The first-order chi connectivity index (χ1) is 9.20. The van der Waals surface area contributed by atoms with Crippen molar-refractivity contribution in [3.63, 3.8) is 0 Å². The lowest BCUT2D eigenvalue weighted by molar-refractivity contribution is -0.133. The van der Waals surface area contributed by atoms with E-state index in [-0.39, 0.29) is 24.0 Å².